The van der Waals surface area contributed by atoms with E-state index in [0.29, 0.717) is 11.1 Å². The van der Waals surface area contributed by atoms with Crippen molar-refractivity contribution in [2.75, 3.05) is 7.11 Å². The Morgan fingerprint density at radius 3 is 2.33 bits per heavy atom. The van der Waals surface area contributed by atoms with Crippen LogP contribution >= 0.6 is 0 Å². The lowest BCUT2D eigenvalue weighted by atomic mass is 10.1. The fourth-order valence-corrected chi connectivity index (χ4v) is 1.80. The Balaban J connectivity index is 2.15. The van der Waals surface area contributed by atoms with Crippen molar-refractivity contribution < 1.29 is 9.13 Å². The standard InChI is InChI=1S/C18H14FNO/c1-21-18-11-5-14(6-12-18)3-2-4-16(13-20)15-7-9-17(19)10-8-15/h2-12H,1H3/b3-2+,16-4-. The highest BCUT2D eigenvalue weighted by atomic mass is 19.1. The van der Waals surface area contributed by atoms with Crippen molar-refractivity contribution in [2.24, 2.45) is 0 Å². The molecule has 0 aliphatic carbocycles. The summed E-state index contributed by atoms with van der Waals surface area (Å²) in [7, 11) is 1.62. The molecule has 0 aliphatic rings. The van der Waals surface area contributed by atoms with Gasteiger partial charge in [0.05, 0.1) is 18.8 Å². The van der Waals surface area contributed by atoms with Crippen molar-refractivity contribution in [3.05, 3.63) is 77.6 Å². The number of nitrogens with zero attached hydrogens (tertiary/aromatic N) is 1. The summed E-state index contributed by atoms with van der Waals surface area (Å²) in [5, 5.41) is 9.15. The normalized spacial score (nSPS) is 11.4. The van der Waals surface area contributed by atoms with E-state index in [1.807, 2.05) is 30.3 Å². The number of allylic oxidation sites excluding steroid dienone is 3. The Labute approximate surface area is 123 Å². The number of halogens is 1. The third kappa shape index (κ3) is 4.05. The Morgan fingerprint density at radius 2 is 1.76 bits per heavy atom. The molecular formula is C18H14FNO. The zero-order chi connectivity index (χ0) is 15.1. The predicted octanol–water partition coefficient (Wildman–Crippen LogP) is 4.45. The molecule has 0 saturated heterocycles. The minimum atomic E-state index is -0.315. The lowest BCUT2D eigenvalue weighted by Crippen LogP contribution is -1.82. The summed E-state index contributed by atoms with van der Waals surface area (Å²) < 4.78 is 17.9. The van der Waals surface area contributed by atoms with E-state index in [1.54, 1.807) is 31.4 Å². The quantitative estimate of drug-likeness (QED) is 0.611. The molecule has 3 heteroatoms. The van der Waals surface area contributed by atoms with E-state index >= 15 is 0 Å². The summed E-state index contributed by atoms with van der Waals surface area (Å²) >= 11 is 0. The van der Waals surface area contributed by atoms with Gasteiger partial charge in [0, 0.05) is 0 Å². The number of rotatable bonds is 4. The molecule has 0 N–H and O–H groups in total. The van der Waals surface area contributed by atoms with Gasteiger partial charge in [0.15, 0.2) is 0 Å². The van der Waals surface area contributed by atoms with Gasteiger partial charge < -0.3 is 4.74 Å². The minimum absolute atomic E-state index is 0.315. The summed E-state index contributed by atoms with van der Waals surface area (Å²) in [6.45, 7) is 0. The van der Waals surface area contributed by atoms with Crippen molar-refractivity contribution >= 4 is 11.6 Å². The van der Waals surface area contributed by atoms with Crippen LogP contribution in [0.4, 0.5) is 4.39 Å². The second kappa shape index (κ2) is 7.06. The van der Waals surface area contributed by atoms with Gasteiger partial charge in [-0.15, -0.1) is 0 Å². The molecule has 0 radical (unpaired) electrons. The molecule has 0 amide bonds. The van der Waals surface area contributed by atoms with E-state index in [4.69, 9.17) is 10.00 Å². The van der Waals surface area contributed by atoms with Gasteiger partial charge in [-0.05, 0) is 41.5 Å². The number of hydrogen-bond acceptors (Lipinski definition) is 2. The highest BCUT2D eigenvalue weighted by molar-refractivity contribution is 5.78. The molecule has 0 fully saturated rings. The van der Waals surface area contributed by atoms with Crippen LogP contribution in [-0.2, 0) is 0 Å². The smallest absolute Gasteiger partial charge is 0.123 e. The Bertz CT molecular complexity index is 691. The third-order valence-electron chi connectivity index (χ3n) is 2.94. The van der Waals surface area contributed by atoms with E-state index in [2.05, 4.69) is 6.07 Å². The zero-order valence-corrected chi connectivity index (χ0v) is 11.6. The molecule has 0 unspecified atom stereocenters. The van der Waals surface area contributed by atoms with E-state index < -0.39 is 0 Å². The summed E-state index contributed by atoms with van der Waals surface area (Å²) in [5.41, 5.74) is 2.18. The van der Waals surface area contributed by atoms with Crippen molar-refractivity contribution in [1.82, 2.24) is 0 Å². The molecule has 0 aromatic heterocycles. The van der Waals surface area contributed by atoms with Gasteiger partial charge in [0.1, 0.15) is 11.6 Å². The molecule has 0 saturated carbocycles. The maximum atomic E-state index is 12.9. The molecule has 21 heavy (non-hydrogen) atoms. The number of methoxy groups -OCH3 is 1. The topological polar surface area (TPSA) is 33.0 Å². The van der Waals surface area contributed by atoms with Crippen LogP contribution in [0.25, 0.3) is 11.6 Å². The second-order valence-electron chi connectivity index (χ2n) is 4.33. The molecule has 2 nitrogen and oxygen atoms in total. The largest absolute Gasteiger partial charge is 0.497 e. The zero-order valence-electron chi connectivity index (χ0n) is 11.6. The monoisotopic (exact) mass is 279 g/mol. The summed E-state index contributed by atoms with van der Waals surface area (Å²) in [6, 6.07) is 15.6. The van der Waals surface area contributed by atoms with Gasteiger partial charge in [0.2, 0.25) is 0 Å². The first-order valence-corrected chi connectivity index (χ1v) is 6.41. The van der Waals surface area contributed by atoms with Crippen molar-refractivity contribution in [2.45, 2.75) is 0 Å². The molecule has 0 spiro atoms. The number of nitriles is 1. The van der Waals surface area contributed by atoms with E-state index in [9.17, 15) is 4.39 Å². The SMILES string of the molecule is COc1ccc(/C=C/C=C(/C#N)c2ccc(F)cc2)cc1. The molecule has 2 aromatic rings. The Kier molecular flexibility index (Phi) is 4.89. The van der Waals surface area contributed by atoms with Crippen molar-refractivity contribution in [1.29, 1.82) is 5.26 Å². The molecule has 0 heterocycles. The van der Waals surface area contributed by atoms with E-state index in [1.165, 1.54) is 12.1 Å². The second-order valence-corrected chi connectivity index (χ2v) is 4.33. The van der Waals surface area contributed by atoms with Gasteiger partial charge in [0.25, 0.3) is 0 Å². The molecule has 0 aliphatic heterocycles. The van der Waals surface area contributed by atoms with Crippen LogP contribution in [0.15, 0.2) is 60.7 Å². The summed E-state index contributed by atoms with van der Waals surface area (Å²) in [6.07, 6.45) is 5.39. The van der Waals surface area contributed by atoms with Crippen LogP contribution < -0.4 is 4.74 Å². The van der Waals surface area contributed by atoms with Crippen LogP contribution in [0, 0.1) is 17.1 Å². The van der Waals surface area contributed by atoms with E-state index in [0.717, 1.165) is 11.3 Å². The number of hydrogen-bond donors (Lipinski definition) is 0. The first-order chi connectivity index (χ1) is 10.2. The van der Waals surface area contributed by atoms with Crippen LogP contribution in [0.3, 0.4) is 0 Å². The van der Waals surface area contributed by atoms with Gasteiger partial charge in [-0.25, -0.2) is 4.39 Å². The van der Waals surface area contributed by atoms with Crippen LogP contribution in [0.1, 0.15) is 11.1 Å². The first-order valence-electron chi connectivity index (χ1n) is 6.41. The number of benzene rings is 2. The van der Waals surface area contributed by atoms with Crippen molar-refractivity contribution in [3.8, 4) is 11.8 Å². The highest BCUT2D eigenvalue weighted by Crippen LogP contribution is 2.16. The van der Waals surface area contributed by atoms with Crippen LogP contribution in [0.2, 0.25) is 0 Å². The predicted molar refractivity (Wildman–Crippen MR) is 82.0 cm³/mol. The fraction of sp³-hybridized carbons (Fsp3) is 0.0556. The van der Waals surface area contributed by atoms with Crippen LogP contribution in [-0.4, -0.2) is 7.11 Å². The first kappa shape index (κ1) is 14.5. The van der Waals surface area contributed by atoms with E-state index in [-0.39, 0.29) is 5.82 Å². The van der Waals surface area contributed by atoms with Crippen LogP contribution in [0.5, 0.6) is 5.75 Å². The van der Waals surface area contributed by atoms with Gasteiger partial charge in [-0.1, -0.05) is 36.4 Å². The molecular weight excluding hydrogens is 265 g/mol. The van der Waals surface area contributed by atoms with Gasteiger partial charge in [-0.2, -0.15) is 5.26 Å². The Morgan fingerprint density at radius 1 is 1.10 bits per heavy atom. The third-order valence-corrected chi connectivity index (χ3v) is 2.94. The minimum Gasteiger partial charge on any atom is -0.497 e. The maximum absolute atomic E-state index is 12.9. The highest BCUT2D eigenvalue weighted by Gasteiger charge is 1.99. The number of ether oxygens (including phenoxy) is 1. The van der Waals surface area contributed by atoms with Crippen molar-refractivity contribution in [3.63, 3.8) is 0 Å². The molecule has 0 bridgehead atoms. The Hall–Kier alpha value is -2.86. The molecule has 104 valence electrons. The van der Waals surface area contributed by atoms with Gasteiger partial charge in [-0.3, -0.25) is 0 Å². The molecule has 0 atom stereocenters. The molecule has 2 aromatic carbocycles. The summed E-state index contributed by atoms with van der Waals surface area (Å²) in [4.78, 5) is 0. The average Bonchev–Trinajstić information content (AvgIpc) is 2.53. The lowest BCUT2D eigenvalue weighted by molar-refractivity contribution is 0.415. The van der Waals surface area contributed by atoms with Gasteiger partial charge >= 0.3 is 0 Å². The molecule has 2 rings (SSSR count). The maximum Gasteiger partial charge on any atom is 0.123 e. The fourth-order valence-electron chi connectivity index (χ4n) is 1.80. The average molecular weight is 279 g/mol. The summed E-state index contributed by atoms with van der Waals surface area (Å²) in [5.74, 6) is 0.483. The lowest BCUT2D eigenvalue weighted by Gasteiger charge is -1.99.